The van der Waals surface area contributed by atoms with Crippen molar-refractivity contribution in [2.24, 2.45) is 0 Å². The van der Waals surface area contributed by atoms with Gasteiger partial charge in [0.2, 0.25) is 0 Å². The molecule has 0 aliphatic carbocycles. The molecule has 0 unspecified atom stereocenters. The summed E-state index contributed by atoms with van der Waals surface area (Å²) in [5.41, 5.74) is 0.459. The van der Waals surface area contributed by atoms with Gasteiger partial charge in [-0.1, -0.05) is 0 Å². The van der Waals surface area contributed by atoms with Gasteiger partial charge in [-0.05, 0) is 52.7 Å². The molecule has 12 nitrogen and oxygen atoms in total. The largest absolute Gasteiger partial charge is 0.493 e. The van der Waals surface area contributed by atoms with E-state index in [1.54, 1.807) is 27.7 Å². The topological polar surface area (TPSA) is 158 Å². The molecular formula is C22H38F2O12P2S2. The molecule has 1 rings (SSSR count). The first-order valence-electron chi connectivity index (χ1n) is 12.6. The van der Waals surface area contributed by atoms with Gasteiger partial charge in [0.25, 0.3) is 0 Å². The Morgan fingerprint density at radius 3 is 1.18 bits per heavy atom. The molecule has 0 radical (unpaired) electrons. The molecule has 0 aliphatic heterocycles. The molecule has 0 heterocycles. The first-order valence-corrected chi connectivity index (χ1v) is 19.2. The summed E-state index contributed by atoms with van der Waals surface area (Å²) in [5, 5.41) is 0. The molecule has 40 heavy (non-hydrogen) atoms. The number of halogens is 2. The van der Waals surface area contributed by atoms with Crippen molar-refractivity contribution in [2.75, 3.05) is 51.1 Å². The lowest BCUT2D eigenvalue weighted by Crippen LogP contribution is -2.10. The van der Waals surface area contributed by atoms with Crippen molar-refractivity contribution in [1.29, 1.82) is 0 Å². The Bertz CT molecular complexity index is 1130. The summed E-state index contributed by atoms with van der Waals surface area (Å²) in [5.74, 6) is -1.42. The molecule has 1 aromatic rings. The van der Waals surface area contributed by atoms with Crippen molar-refractivity contribution >= 4 is 35.6 Å². The molecule has 0 fully saturated rings. The predicted octanol–water partition coefficient (Wildman–Crippen LogP) is 5.36. The molecule has 0 saturated heterocycles. The van der Waals surface area contributed by atoms with Crippen LogP contribution in [0.3, 0.4) is 0 Å². The molecule has 18 heteroatoms. The Hall–Kier alpha value is -1.12. The summed E-state index contributed by atoms with van der Waals surface area (Å²) >= 11 is 0. The summed E-state index contributed by atoms with van der Waals surface area (Å²) < 4.78 is 129. The van der Waals surface area contributed by atoms with Crippen LogP contribution in [0.25, 0.3) is 0 Å². The lowest BCUT2D eigenvalue weighted by atomic mass is 10.1. The third-order valence-electron chi connectivity index (χ3n) is 4.85. The van der Waals surface area contributed by atoms with Crippen molar-refractivity contribution in [3.8, 4) is 11.5 Å². The van der Waals surface area contributed by atoms with Crippen molar-refractivity contribution in [3.05, 3.63) is 23.3 Å². The van der Waals surface area contributed by atoms with Crippen LogP contribution in [0.2, 0.25) is 0 Å². The van der Waals surface area contributed by atoms with E-state index in [4.69, 9.17) is 27.6 Å². The van der Waals surface area contributed by atoms with E-state index < -0.39 is 47.1 Å². The fourth-order valence-electron chi connectivity index (χ4n) is 3.45. The second-order valence-electron chi connectivity index (χ2n) is 8.17. The highest BCUT2D eigenvalue weighted by molar-refractivity contribution is 7.86. The van der Waals surface area contributed by atoms with Gasteiger partial charge < -0.3 is 27.6 Å². The Kier molecular flexibility index (Phi) is 15.8. The highest BCUT2D eigenvalue weighted by Crippen LogP contribution is 2.55. The molecule has 0 saturated carbocycles. The summed E-state index contributed by atoms with van der Waals surface area (Å²) in [6, 6.07) is 2.79. The minimum absolute atomic E-state index is 0.0624. The van der Waals surface area contributed by atoms with Gasteiger partial charge in [0.1, 0.15) is 11.5 Å². The number of rotatable bonds is 22. The molecule has 0 amide bonds. The molecular weight excluding hydrogens is 620 g/mol. The summed E-state index contributed by atoms with van der Waals surface area (Å²) in [7, 11) is -16.9. The highest BCUT2D eigenvalue weighted by Gasteiger charge is 2.30. The summed E-state index contributed by atoms with van der Waals surface area (Å²) in [4.78, 5) is 0. The van der Waals surface area contributed by atoms with E-state index >= 15 is 0 Å². The second kappa shape index (κ2) is 17.1. The molecule has 0 bridgehead atoms. The Labute approximate surface area is 235 Å². The van der Waals surface area contributed by atoms with Crippen LogP contribution in [0.4, 0.5) is 7.77 Å². The quantitative estimate of drug-likeness (QED) is 0.0894. The average molecular weight is 659 g/mol. The molecule has 0 spiro atoms. The fourth-order valence-corrected chi connectivity index (χ4v) is 7.79. The Morgan fingerprint density at radius 1 is 0.625 bits per heavy atom. The lowest BCUT2D eigenvalue weighted by Gasteiger charge is -2.23. The minimum Gasteiger partial charge on any atom is -0.493 e. The normalized spacial score (nSPS) is 12.9. The smallest absolute Gasteiger partial charge is 0.335 e. The van der Waals surface area contributed by atoms with E-state index in [1.807, 2.05) is 0 Å². The van der Waals surface area contributed by atoms with Crippen LogP contribution in [-0.2, 0) is 60.0 Å². The van der Waals surface area contributed by atoms with E-state index in [0.29, 0.717) is 0 Å². The SMILES string of the molecule is CCOP(=O)(Cc1cc(OCCCS(=O)(=O)F)c(CP(=O)(OCC)OCC)cc1OCCCS(=O)(=O)F)OCC. The zero-order valence-electron chi connectivity index (χ0n) is 23.0. The average Bonchev–Trinajstić information content (AvgIpc) is 2.80. The lowest BCUT2D eigenvalue weighted by molar-refractivity contribution is 0.217. The van der Waals surface area contributed by atoms with Gasteiger partial charge in [0.05, 0.1) is 63.5 Å². The van der Waals surface area contributed by atoms with Crippen LogP contribution in [0.5, 0.6) is 11.5 Å². The van der Waals surface area contributed by atoms with Crippen LogP contribution in [0.1, 0.15) is 51.7 Å². The standard InChI is InChI=1S/C22H38F2O12P2S2/c1-5-33-37(25,34-6-2)17-19-15-22(32-12-10-14-40(24,29)30)20(18-38(26,35-7-3)36-8-4)16-21(19)31-11-9-13-39(23,27)28/h15-16H,5-14,17-18H2,1-4H3. The maximum Gasteiger partial charge on any atom is 0.335 e. The first-order chi connectivity index (χ1) is 18.6. The van der Waals surface area contributed by atoms with Gasteiger partial charge in [-0.25, -0.2) is 0 Å². The second-order valence-corrected chi connectivity index (χ2v) is 15.2. The summed E-state index contributed by atoms with van der Waals surface area (Å²) in [6.07, 6.45) is -1.02. The fraction of sp³-hybridized carbons (Fsp3) is 0.727. The maximum absolute atomic E-state index is 13.3. The number of ether oxygens (including phenoxy) is 2. The van der Waals surface area contributed by atoms with Crippen molar-refractivity contribution in [2.45, 2.75) is 52.9 Å². The van der Waals surface area contributed by atoms with Crippen LogP contribution in [0.15, 0.2) is 12.1 Å². The van der Waals surface area contributed by atoms with E-state index in [2.05, 4.69) is 0 Å². The third-order valence-corrected chi connectivity index (χ3v) is 10.5. The molecule has 0 aliphatic rings. The van der Waals surface area contributed by atoms with Crippen LogP contribution in [-0.4, -0.2) is 68.0 Å². The number of benzene rings is 1. The molecule has 234 valence electrons. The Morgan fingerprint density at radius 2 is 0.925 bits per heavy atom. The molecule has 0 atom stereocenters. The van der Waals surface area contributed by atoms with Gasteiger partial charge in [0, 0.05) is 11.1 Å². The van der Waals surface area contributed by atoms with Gasteiger partial charge in [-0.2, -0.15) is 16.8 Å². The van der Waals surface area contributed by atoms with E-state index in [1.165, 1.54) is 12.1 Å². The van der Waals surface area contributed by atoms with Gasteiger partial charge >= 0.3 is 35.6 Å². The zero-order chi connectivity index (χ0) is 30.5. The summed E-state index contributed by atoms with van der Waals surface area (Å²) in [6.45, 7) is 6.25. The predicted molar refractivity (Wildman–Crippen MR) is 146 cm³/mol. The maximum atomic E-state index is 13.3. The van der Waals surface area contributed by atoms with Crippen LogP contribution in [0, 0.1) is 0 Å². The molecule has 0 aromatic heterocycles. The van der Waals surface area contributed by atoms with E-state index in [9.17, 15) is 33.7 Å². The molecule has 0 N–H and O–H groups in total. The zero-order valence-corrected chi connectivity index (χ0v) is 26.4. The van der Waals surface area contributed by atoms with Crippen LogP contribution >= 0.6 is 15.2 Å². The van der Waals surface area contributed by atoms with Gasteiger partial charge in [-0.15, -0.1) is 7.77 Å². The van der Waals surface area contributed by atoms with E-state index in [-0.39, 0.29) is 87.4 Å². The highest BCUT2D eigenvalue weighted by atomic mass is 32.3. The van der Waals surface area contributed by atoms with Crippen molar-refractivity contribution in [1.82, 2.24) is 0 Å². The third kappa shape index (κ3) is 14.7. The Balaban J connectivity index is 3.57. The molecule has 1 aromatic carbocycles. The monoisotopic (exact) mass is 658 g/mol. The minimum atomic E-state index is -4.73. The first kappa shape index (κ1) is 36.9. The van der Waals surface area contributed by atoms with Gasteiger partial charge in [-0.3, -0.25) is 9.13 Å². The van der Waals surface area contributed by atoms with E-state index in [0.717, 1.165) is 0 Å². The van der Waals surface area contributed by atoms with Crippen LogP contribution < -0.4 is 9.47 Å². The van der Waals surface area contributed by atoms with Crippen molar-refractivity contribution < 1.29 is 61.3 Å². The number of hydrogen-bond donors (Lipinski definition) is 0. The van der Waals surface area contributed by atoms with Gasteiger partial charge in [0.15, 0.2) is 0 Å². The number of hydrogen-bond acceptors (Lipinski definition) is 12. The van der Waals surface area contributed by atoms with Crippen molar-refractivity contribution in [3.63, 3.8) is 0 Å².